The maximum absolute atomic E-state index is 13.0. The quantitative estimate of drug-likeness (QED) is 0.848. The number of hydrogen-bond donors (Lipinski definition) is 1. The summed E-state index contributed by atoms with van der Waals surface area (Å²) in [7, 11) is 0. The lowest BCUT2D eigenvalue weighted by molar-refractivity contribution is -0.120. The molecule has 2 aromatic carbocycles. The SMILES string of the molecule is CCc1cccc2c1C1CC3C(=O)N(c4ccccc4)C(=O)N3CC1N2. The lowest BCUT2D eigenvalue weighted by Crippen LogP contribution is -2.49. The van der Waals surface area contributed by atoms with Gasteiger partial charge in [-0.25, -0.2) is 9.69 Å². The Balaban J connectivity index is 1.50. The summed E-state index contributed by atoms with van der Waals surface area (Å²) in [6, 6.07) is 15.2. The van der Waals surface area contributed by atoms with Crippen LogP contribution in [0.4, 0.5) is 16.2 Å². The molecule has 5 rings (SSSR count). The number of nitrogens with one attached hydrogen (secondary N) is 1. The summed E-state index contributed by atoms with van der Waals surface area (Å²) in [5, 5.41) is 3.59. The maximum atomic E-state index is 13.0. The summed E-state index contributed by atoms with van der Waals surface area (Å²) < 4.78 is 0. The molecule has 0 aliphatic carbocycles. The average Bonchev–Trinajstić information content (AvgIpc) is 3.16. The van der Waals surface area contributed by atoms with E-state index in [1.165, 1.54) is 21.7 Å². The number of hydrogen-bond acceptors (Lipinski definition) is 3. The van der Waals surface area contributed by atoms with Crippen molar-refractivity contribution < 1.29 is 9.59 Å². The lowest BCUT2D eigenvalue weighted by atomic mass is 9.82. The van der Waals surface area contributed by atoms with Crippen molar-refractivity contribution in [2.75, 3.05) is 16.8 Å². The first-order chi connectivity index (χ1) is 12.7. The molecule has 0 aromatic heterocycles. The van der Waals surface area contributed by atoms with E-state index in [4.69, 9.17) is 0 Å². The van der Waals surface area contributed by atoms with E-state index in [9.17, 15) is 9.59 Å². The van der Waals surface area contributed by atoms with Crippen molar-refractivity contribution in [2.24, 2.45) is 0 Å². The molecule has 3 unspecified atom stereocenters. The van der Waals surface area contributed by atoms with Crippen LogP contribution in [-0.4, -0.2) is 35.5 Å². The number of fused-ring (bicyclic) bond motifs is 4. The van der Waals surface area contributed by atoms with Gasteiger partial charge in [-0.2, -0.15) is 0 Å². The molecule has 5 heteroatoms. The highest BCUT2D eigenvalue weighted by Crippen LogP contribution is 2.46. The van der Waals surface area contributed by atoms with Crippen LogP contribution >= 0.6 is 0 Å². The number of nitrogens with zero attached hydrogens (tertiary/aromatic N) is 2. The van der Waals surface area contributed by atoms with Gasteiger partial charge in [0.1, 0.15) is 6.04 Å². The Bertz CT molecular complexity index is 895. The highest BCUT2D eigenvalue weighted by Gasteiger charge is 2.53. The Morgan fingerprint density at radius 1 is 1.08 bits per heavy atom. The molecule has 2 aromatic rings. The number of para-hydroxylation sites is 1. The van der Waals surface area contributed by atoms with Gasteiger partial charge in [0.15, 0.2) is 0 Å². The van der Waals surface area contributed by atoms with E-state index in [-0.39, 0.29) is 29.9 Å². The van der Waals surface area contributed by atoms with Crippen LogP contribution in [0.2, 0.25) is 0 Å². The molecule has 3 aliphatic heterocycles. The van der Waals surface area contributed by atoms with E-state index in [0.717, 1.165) is 6.42 Å². The summed E-state index contributed by atoms with van der Waals surface area (Å²) in [6.45, 7) is 2.74. The van der Waals surface area contributed by atoms with Gasteiger partial charge in [0.05, 0.1) is 11.7 Å². The van der Waals surface area contributed by atoms with E-state index >= 15 is 0 Å². The molecule has 3 atom stereocenters. The number of carbonyl (C=O) groups is 2. The van der Waals surface area contributed by atoms with Crippen LogP contribution in [0, 0.1) is 0 Å². The topological polar surface area (TPSA) is 52.7 Å². The number of amides is 3. The number of aryl methyl sites for hydroxylation is 1. The number of imide groups is 1. The van der Waals surface area contributed by atoms with E-state index in [1.54, 1.807) is 4.90 Å². The zero-order chi connectivity index (χ0) is 17.8. The molecule has 0 saturated carbocycles. The molecule has 26 heavy (non-hydrogen) atoms. The highest BCUT2D eigenvalue weighted by atomic mass is 16.2. The summed E-state index contributed by atoms with van der Waals surface area (Å²) in [5.74, 6) is 0.192. The Hall–Kier alpha value is -2.82. The van der Waals surface area contributed by atoms with Crippen LogP contribution in [0.25, 0.3) is 0 Å². The van der Waals surface area contributed by atoms with Gasteiger partial charge in [0.2, 0.25) is 0 Å². The number of carbonyl (C=O) groups excluding carboxylic acids is 2. The fourth-order valence-corrected chi connectivity index (χ4v) is 4.78. The number of anilines is 2. The molecule has 0 radical (unpaired) electrons. The summed E-state index contributed by atoms with van der Waals surface area (Å²) >= 11 is 0. The average molecular weight is 347 g/mol. The van der Waals surface area contributed by atoms with Gasteiger partial charge in [-0.15, -0.1) is 0 Å². The second-order valence-corrected chi connectivity index (χ2v) is 7.28. The van der Waals surface area contributed by atoms with Crippen molar-refractivity contribution in [2.45, 2.75) is 37.8 Å². The molecule has 2 saturated heterocycles. The monoisotopic (exact) mass is 347 g/mol. The minimum Gasteiger partial charge on any atom is -0.380 e. The normalized spacial score (nSPS) is 26.4. The van der Waals surface area contributed by atoms with Gasteiger partial charge in [-0.3, -0.25) is 4.79 Å². The first kappa shape index (κ1) is 15.4. The molecule has 132 valence electrons. The van der Waals surface area contributed by atoms with Gasteiger partial charge < -0.3 is 10.2 Å². The number of urea groups is 1. The van der Waals surface area contributed by atoms with Gasteiger partial charge in [0.25, 0.3) is 5.91 Å². The molecule has 1 N–H and O–H groups in total. The Labute approximate surface area is 152 Å². The lowest BCUT2D eigenvalue weighted by Gasteiger charge is -2.35. The number of rotatable bonds is 2. The third-order valence-corrected chi connectivity index (χ3v) is 5.98. The highest BCUT2D eigenvalue weighted by molar-refractivity contribution is 6.21. The summed E-state index contributed by atoms with van der Waals surface area (Å²) in [4.78, 5) is 29.1. The standard InChI is InChI=1S/C21H21N3O2/c1-2-13-7-6-10-16-19(13)15-11-18-20(25)24(14-8-4-3-5-9-14)21(26)23(18)12-17(15)22-16/h3-10,15,17-18,22H,2,11-12H2,1H3. The molecule has 3 amide bonds. The molecular formula is C21H21N3O2. The van der Waals surface area contributed by atoms with Crippen molar-refractivity contribution in [3.8, 4) is 0 Å². The fraction of sp³-hybridized carbons (Fsp3) is 0.333. The Morgan fingerprint density at radius 3 is 2.65 bits per heavy atom. The molecule has 0 bridgehead atoms. The Kier molecular flexibility index (Phi) is 3.32. The molecule has 3 aliphatic rings. The van der Waals surface area contributed by atoms with Crippen molar-refractivity contribution in [3.63, 3.8) is 0 Å². The van der Waals surface area contributed by atoms with E-state index in [2.05, 4.69) is 30.4 Å². The van der Waals surface area contributed by atoms with Gasteiger partial charge in [0, 0.05) is 18.2 Å². The van der Waals surface area contributed by atoms with Crippen molar-refractivity contribution in [3.05, 3.63) is 59.7 Å². The fourth-order valence-electron chi connectivity index (χ4n) is 4.78. The zero-order valence-electron chi connectivity index (χ0n) is 14.7. The van der Waals surface area contributed by atoms with Gasteiger partial charge in [-0.1, -0.05) is 37.3 Å². The van der Waals surface area contributed by atoms with E-state index in [1.807, 2.05) is 30.3 Å². The van der Waals surface area contributed by atoms with E-state index < -0.39 is 0 Å². The summed E-state index contributed by atoms with van der Waals surface area (Å²) in [6.07, 6.45) is 1.67. The van der Waals surface area contributed by atoms with Crippen molar-refractivity contribution in [1.82, 2.24) is 4.90 Å². The third kappa shape index (κ3) is 2.03. The van der Waals surface area contributed by atoms with Gasteiger partial charge >= 0.3 is 6.03 Å². The molecule has 3 heterocycles. The number of piperidine rings is 1. The summed E-state index contributed by atoms with van der Waals surface area (Å²) in [5.41, 5.74) is 4.51. The van der Waals surface area contributed by atoms with Crippen LogP contribution in [-0.2, 0) is 11.2 Å². The second-order valence-electron chi connectivity index (χ2n) is 7.28. The van der Waals surface area contributed by atoms with Gasteiger partial charge in [-0.05, 0) is 42.2 Å². The predicted octanol–water partition coefficient (Wildman–Crippen LogP) is 3.37. The molecular weight excluding hydrogens is 326 g/mol. The van der Waals surface area contributed by atoms with Crippen LogP contribution in [0.15, 0.2) is 48.5 Å². The predicted molar refractivity (Wildman–Crippen MR) is 100 cm³/mol. The minimum atomic E-state index is -0.360. The maximum Gasteiger partial charge on any atom is 0.332 e. The molecule has 5 nitrogen and oxygen atoms in total. The largest absolute Gasteiger partial charge is 0.380 e. The first-order valence-corrected chi connectivity index (χ1v) is 9.27. The minimum absolute atomic E-state index is 0.0953. The smallest absolute Gasteiger partial charge is 0.332 e. The number of benzene rings is 2. The van der Waals surface area contributed by atoms with Crippen molar-refractivity contribution in [1.29, 1.82) is 0 Å². The second kappa shape index (κ2) is 5.59. The van der Waals surface area contributed by atoms with Crippen LogP contribution in [0.1, 0.15) is 30.4 Å². The van der Waals surface area contributed by atoms with Crippen LogP contribution in [0.3, 0.4) is 0 Å². The van der Waals surface area contributed by atoms with Crippen LogP contribution in [0.5, 0.6) is 0 Å². The van der Waals surface area contributed by atoms with Crippen molar-refractivity contribution >= 4 is 23.3 Å². The van der Waals surface area contributed by atoms with Crippen LogP contribution < -0.4 is 10.2 Å². The van der Waals surface area contributed by atoms with E-state index in [0.29, 0.717) is 18.7 Å². The molecule has 0 spiro atoms. The first-order valence-electron chi connectivity index (χ1n) is 9.27. The Morgan fingerprint density at radius 2 is 1.88 bits per heavy atom. The third-order valence-electron chi connectivity index (χ3n) is 5.98. The zero-order valence-corrected chi connectivity index (χ0v) is 14.7. The molecule has 2 fully saturated rings.